The zero-order valence-corrected chi connectivity index (χ0v) is 20.4. The van der Waals surface area contributed by atoms with Gasteiger partial charge in [-0.1, -0.05) is 45.6 Å². The third-order valence-electron chi connectivity index (χ3n) is 5.66. The summed E-state index contributed by atoms with van der Waals surface area (Å²) < 4.78 is 43.7. The molecule has 0 saturated carbocycles. The van der Waals surface area contributed by atoms with E-state index in [2.05, 4.69) is 10.3 Å². The van der Waals surface area contributed by atoms with Crippen molar-refractivity contribution in [1.82, 2.24) is 0 Å². The van der Waals surface area contributed by atoms with Crippen LogP contribution in [0.15, 0.2) is 46.7 Å². The number of Topliss-reactive ketones (excluding diaryl/α,β-unsaturated/α-hetero) is 1. The molecule has 11 heteroatoms. The molecule has 2 aromatic rings. The van der Waals surface area contributed by atoms with Crippen molar-refractivity contribution in [2.75, 3.05) is 18.6 Å². The smallest absolute Gasteiger partial charge is 0.399 e. The molecule has 2 heterocycles. The molecule has 0 N–H and O–H groups in total. The van der Waals surface area contributed by atoms with Gasteiger partial charge < -0.3 is 9.68 Å². The van der Waals surface area contributed by atoms with Crippen LogP contribution in [0, 0.1) is 12.8 Å². The highest BCUT2D eigenvalue weighted by atomic mass is 35.5. The molecule has 0 bridgehead atoms. The molecule has 4 rings (SSSR count). The maximum Gasteiger partial charge on any atom is 0.441 e. The number of hydrogen-bond acceptors (Lipinski definition) is 6. The number of carbonyl (C=O) groups is 1. The van der Waals surface area contributed by atoms with Gasteiger partial charge in [0.05, 0.1) is 0 Å². The Balaban J connectivity index is 1.75. The zero-order valence-electron chi connectivity index (χ0n) is 18.1. The Kier molecular flexibility index (Phi) is 6.90. The van der Waals surface area contributed by atoms with Crippen molar-refractivity contribution >= 4 is 52.2 Å². The second kappa shape index (κ2) is 9.43. The maximum absolute atomic E-state index is 14.6. The van der Waals surface area contributed by atoms with Gasteiger partial charge in [0.2, 0.25) is 0 Å². The largest absolute Gasteiger partial charge is 0.441 e. The standard InChI is InChI=1S/C23H19Cl2F3N2O3S/c1-12-5-14(3-4-18(12)19(31)6-13-10-34-11-13)20-21(30-32-2)22(33-29-20,23(26,27)28)15-7-16(24)9-17(25)8-15/h3-5,7-9,13H,6,10-11H2,1-2H3/b30-21+. The van der Waals surface area contributed by atoms with Gasteiger partial charge in [-0.25, -0.2) is 0 Å². The molecule has 1 saturated heterocycles. The van der Waals surface area contributed by atoms with Crippen molar-refractivity contribution in [1.29, 1.82) is 0 Å². The van der Waals surface area contributed by atoms with Gasteiger partial charge in [-0.05, 0) is 54.2 Å². The van der Waals surface area contributed by atoms with Crippen LogP contribution < -0.4 is 0 Å². The van der Waals surface area contributed by atoms with E-state index in [1.807, 2.05) is 0 Å². The highest BCUT2D eigenvalue weighted by Crippen LogP contribution is 2.48. The van der Waals surface area contributed by atoms with Crippen LogP contribution in [0.5, 0.6) is 0 Å². The van der Waals surface area contributed by atoms with E-state index in [-0.39, 0.29) is 21.5 Å². The highest BCUT2D eigenvalue weighted by molar-refractivity contribution is 8.00. The van der Waals surface area contributed by atoms with Gasteiger partial charge >= 0.3 is 11.8 Å². The Morgan fingerprint density at radius 1 is 1.24 bits per heavy atom. The molecule has 2 aliphatic rings. The number of alkyl halides is 3. The predicted molar refractivity (Wildman–Crippen MR) is 127 cm³/mol. The summed E-state index contributed by atoms with van der Waals surface area (Å²) in [5, 5.41) is 7.41. The Hall–Kier alpha value is -2.23. The summed E-state index contributed by atoms with van der Waals surface area (Å²) >= 11 is 13.8. The van der Waals surface area contributed by atoms with Crippen molar-refractivity contribution in [3.05, 3.63) is 68.7 Å². The van der Waals surface area contributed by atoms with Crippen molar-refractivity contribution in [3.63, 3.8) is 0 Å². The van der Waals surface area contributed by atoms with Gasteiger partial charge in [0, 0.05) is 33.2 Å². The van der Waals surface area contributed by atoms with E-state index in [4.69, 9.17) is 32.9 Å². The fraction of sp³-hybridized carbons (Fsp3) is 0.348. The summed E-state index contributed by atoms with van der Waals surface area (Å²) in [6.45, 7) is 1.73. The second-order valence-electron chi connectivity index (χ2n) is 8.05. The van der Waals surface area contributed by atoms with Crippen molar-refractivity contribution in [2.24, 2.45) is 16.2 Å². The number of carbonyl (C=O) groups excluding carboxylic acids is 1. The molecule has 0 amide bonds. The Labute approximate surface area is 208 Å². The minimum atomic E-state index is -4.99. The maximum atomic E-state index is 14.6. The average molecular weight is 531 g/mol. The van der Waals surface area contributed by atoms with Crippen LogP contribution >= 0.6 is 35.0 Å². The highest BCUT2D eigenvalue weighted by Gasteiger charge is 2.67. The first-order valence-corrected chi connectivity index (χ1v) is 12.1. The predicted octanol–water partition coefficient (Wildman–Crippen LogP) is 6.43. The number of oxime groups is 2. The van der Waals surface area contributed by atoms with Gasteiger partial charge in [-0.15, -0.1) is 0 Å². The molecule has 2 aromatic carbocycles. The van der Waals surface area contributed by atoms with Crippen LogP contribution in [-0.2, 0) is 15.3 Å². The Morgan fingerprint density at radius 2 is 1.91 bits per heavy atom. The first-order valence-electron chi connectivity index (χ1n) is 10.2. The van der Waals surface area contributed by atoms with E-state index in [9.17, 15) is 18.0 Å². The molecule has 180 valence electrons. The van der Waals surface area contributed by atoms with E-state index in [0.717, 1.165) is 30.7 Å². The lowest BCUT2D eigenvalue weighted by molar-refractivity contribution is -0.250. The molecular weight excluding hydrogens is 512 g/mol. The Bertz CT molecular complexity index is 1180. The van der Waals surface area contributed by atoms with Gasteiger partial charge in [0.25, 0.3) is 0 Å². The first kappa shape index (κ1) is 24.9. The van der Waals surface area contributed by atoms with E-state index in [0.29, 0.717) is 29.0 Å². The van der Waals surface area contributed by atoms with Crippen LogP contribution in [-0.4, -0.2) is 42.0 Å². The minimum Gasteiger partial charge on any atom is -0.399 e. The minimum absolute atomic E-state index is 0.00273. The van der Waals surface area contributed by atoms with E-state index in [1.54, 1.807) is 30.8 Å². The van der Waals surface area contributed by atoms with Crippen LogP contribution in [0.4, 0.5) is 13.2 Å². The van der Waals surface area contributed by atoms with Crippen molar-refractivity contribution in [2.45, 2.75) is 25.1 Å². The number of hydrogen-bond donors (Lipinski definition) is 0. The molecule has 0 aliphatic carbocycles. The number of aryl methyl sites for hydroxylation is 1. The van der Waals surface area contributed by atoms with E-state index in [1.165, 1.54) is 12.1 Å². The first-order chi connectivity index (χ1) is 16.1. The number of rotatable bonds is 6. The molecule has 34 heavy (non-hydrogen) atoms. The fourth-order valence-corrected chi connectivity index (χ4v) is 5.28. The van der Waals surface area contributed by atoms with Crippen LogP contribution in [0.1, 0.15) is 33.5 Å². The molecule has 0 spiro atoms. The van der Waals surface area contributed by atoms with Crippen molar-refractivity contribution < 1.29 is 27.6 Å². The van der Waals surface area contributed by atoms with Crippen molar-refractivity contribution in [3.8, 4) is 0 Å². The number of halogens is 5. The van der Waals surface area contributed by atoms with Gasteiger partial charge in [-0.2, -0.15) is 24.9 Å². The molecule has 2 aliphatic heterocycles. The summed E-state index contributed by atoms with van der Waals surface area (Å²) in [5.41, 5.74) is -2.83. The van der Waals surface area contributed by atoms with Gasteiger partial charge in [-0.3, -0.25) is 4.79 Å². The number of thioether (sulfide) groups is 1. The topological polar surface area (TPSA) is 60.2 Å². The molecule has 5 nitrogen and oxygen atoms in total. The molecule has 0 radical (unpaired) electrons. The third-order valence-corrected chi connectivity index (χ3v) is 7.51. The number of nitrogens with zero attached hydrogens (tertiary/aromatic N) is 2. The Morgan fingerprint density at radius 3 is 2.44 bits per heavy atom. The third kappa shape index (κ3) is 4.41. The molecule has 1 fully saturated rings. The lowest BCUT2D eigenvalue weighted by atomic mass is 9.84. The van der Waals surface area contributed by atoms with Gasteiger partial charge in [0.1, 0.15) is 12.8 Å². The summed E-state index contributed by atoms with van der Waals surface area (Å²) in [4.78, 5) is 22.5. The summed E-state index contributed by atoms with van der Waals surface area (Å²) in [7, 11) is 1.13. The normalized spacial score (nSPS) is 21.7. The average Bonchev–Trinajstić information content (AvgIpc) is 3.10. The summed E-state index contributed by atoms with van der Waals surface area (Å²) in [6, 6.07) is 8.21. The van der Waals surface area contributed by atoms with Gasteiger partial charge in [0.15, 0.2) is 11.5 Å². The molecule has 0 aromatic heterocycles. The molecular formula is C23H19Cl2F3N2O3S. The van der Waals surface area contributed by atoms with Crippen LogP contribution in [0.2, 0.25) is 10.0 Å². The number of benzene rings is 2. The van der Waals surface area contributed by atoms with Crippen LogP contribution in [0.3, 0.4) is 0 Å². The quantitative estimate of drug-likeness (QED) is 0.318. The fourth-order valence-electron chi connectivity index (χ4n) is 3.95. The summed E-state index contributed by atoms with van der Waals surface area (Å²) in [5.74, 6) is 2.28. The lowest BCUT2D eigenvalue weighted by Gasteiger charge is -2.30. The molecule has 1 atom stereocenters. The molecule has 1 unspecified atom stereocenters. The zero-order chi connectivity index (χ0) is 24.7. The summed E-state index contributed by atoms with van der Waals surface area (Å²) in [6.07, 6.45) is -4.55. The van der Waals surface area contributed by atoms with E-state index < -0.39 is 23.1 Å². The number of ketones is 1. The SMILES string of the molecule is CO/N=C1\C(c2ccc(C(=O)CC3CSC3)c(C)c2)=NOC1(c1cc(Cl)cc(Cl)c1)C(F)(F)F. The van der Waals surface area contributed by atoms with E-state index >= 15 is 0 Å². The lowest BCUT2D eigenvalue weighted by Crippen LogP contribution is -2.50. The second-order valence-corrected chi connectivity index (χ2v) is 10.00. The monoisotopic (exact) mass is 530 g/mol. The van der Waals surface area contributed by atoms with Crippen LogP contribution in [0.25, 0.3) is 0 Å².